The van der Waals surface area contributed by atoms with Crippen LogP contribution in [0.5, 0.6) is 11.5 Å². The van der Waals surface area contributed by atoms with Crippen LogP contribution in [0.2, 0.25) is 0 Å². The van der Waals surface area contributed by atoms with Crippen molar-refractivity contribution >= 4 is 5.69 Å². The van der Waals surface area contributed by atoms with Crippen molar-refractivity contribution in [2.45, 2.75) is 12.3 Å². The van der Waals surface area contributed by atoms with Crippen LogP contribution < -0.4 is 20.5 Å². The van der Waals surface area contributed by atoms with E-state index in [9.17, 15) is 13.2 Å². The molecule has 0 saturated carbocycles. The van der Waals surface area contributed by atoms with E-state index >= 15 is 0 Å². The molecule has 3 rings (SSSR count). The molecule has 1 aliphatic rings. The number of nitrogens with one attached hydrogen (secondary N) is 1. The Bertz CT molecular complexity index is 747. The van der Waals surface area contributed by atoms with Crippen LogP contribution in [0.1, 0.15) is 5.56 Å². The Morgan fingerprint density at radius 2 is 2.04 bits per heavy atom. The highest BCUT2D eigenvalue weighted by molar-refractivity contribution is 5.81. The highest BCUT2D eigenvalue weighted by Crippen LogP contribution is 2.45. The Kier molecular flexibility index (Phi) is 4.28. The van der Waals surface area contributed by atoms with Crippen LogP contribution in [0.25, 0.3) is 11.1 Å². The Morgan fingerprint density at radius 3 is 2.71 bits per heavy atom. The lowest BCUT2D eigenvalue weighted by Gasteiger charge is -2.29. The van der Waals surface area contributed by atoms with Gasteiger partial charge in [-0.2, -0.15) is 13.2 Å². The van der Waals surface area contributed by atoms with Crippen molar-refractivity contribution in [1.29, 1.82) is 0 Å². The number of fused-ring (bicyclic) bond motifs is 1. The van der Waals surface area contributed by atoms with E-state index in [0.717, 1.165) is 6.07 Å². The number of para-hydroxylation sites is 1. The molecule has 0 aromatic heterocycles. The maximum Gasteiger partial charge on any atom is 0.417 e. The molecular formula is C17H17F3N2O2. The van der Waals surface area contributed by atoms with Crippen LogP contribution >= 0.6 is 0 Å². The number of alkyl halides is 3. The molecule has 0 saturated heterocycles. The molecule has 2 aromatic rings. The fraction of sp³-hybridized carbons (Fsp3) is 0.294. The third kappa shape index (κ3) is 2.99. The number of ether oxygens (including phenoxy) is 2. The van der Waals surface area contributed by atoms with Crippen molar-refractivity contribution in [1.82, 2.24) is 0 Å². The summed E-state index contributed by atoms with van der Waals surface area (Å²) < 4.78 is 51.2. The summed E-state index contributed by atoms with van der Waals surface area (Å²) in [6, 6.07) is 8.95. The number of nitrogens with two attached hydrogens (primary N) is 1. The third-order valence-electron chi connectivity index (χ3n) is 3.90. The monoisotopic (exact) mass is 338 g/mol. The van der Waals surface area contributed by atoms with E-state index in [0.29, 0.717) is 23.5 Å². The molecule has 1 atom stereocenters. The van der Waals surface area contributed by atoms with Crippen LogP contribution in [0.3, 0.4) is 0 Å². The molecule has 0 bridgehead atoms. The molecule has 0 amide bonds. The van der Waals surface area contributed by atoms with Gasteiger partial charge in [-0.25, -0.2) is 0 Å². The van der Waals surface area contributed by atoms with Gasteiger partial charge >= 0.3 is 6.18 Å². The molecular weight excluding hydrogens is 321 g/mol. The predicted molar refractivity (Wildman–Crippen MR) is 85.4 cm³/mol. The first-order valence-corrected chi connectivity index (χ1v) is 7.43. The van der Waals surface area contributed by atoms with Crippen LogP contribution in [0.15, 0.2) is 36.4 Å². The van der Waals surface area contributed by atoms with Gasteiger partial charge in [-0.15, -0.1) is 0 Å². The summed E-state index contributed by atoms with van der Waals surface area (Å²) in [5, 5.41) is 3.14. The number of rotatable bonds is 3. The Morgan fingerprint density at radius 1 is 1.25 bits per heavy atom. The van der Waals surface area contributed by atoms with Crippen molar-refractivity contribution in [2.24, 2.45) is 5.73 Å². The summed E-state index contributed by atoms with van der Waals surface area (Å²) in [7, 11) is 1.33. The summed E-state index contributed by atoms with van der Waals surface area (Å²) in [6.07, 6.45) is -4.80. The van der Waals surface area contributed by atoms with Crippen LogP contribution in [-0.2, 0) is 6.18 Å². The number of anilines is 1. The molecule has 0 fully saturated rings. The molecule has 0 aliphatic carbocycles. The smallest absolute Gasteiger partial charge is 0.417 e. The second-order valence-electron chi connectivity index (χ2n) is 5.45. The number of hydrogen-bond acceptors (Lipinski definition) is 4. The molecule has 1 heterocycles. The molecule has 3 N–H and O–H groups in total. The molecule has 4 nitrogen and oxygen atoms in total. The normalized spacial score (nSPS) is 16.8. The Hall–Kier alpha value is -2.41. The average Bonchev–Trinajstić information content (AvgIpc) is 2.59. The van der Waals surface area contributed by atoms with Gasteiger partial charge in [0, 0.05) is 12.1 Å². The summed E-state index contributed by atoms with van der Waals surface area (Å²) >= 11 is 0. The van der Waals surface area contributed by atoms with E-state index in [4.69, 9.17) is 15.2 Å². The fourth-order valence-corrected chi connectivity index (χ4v) is 2.70. The largest absolute Gasteiger partial charge is 0.497 e. The van der Waals surface area contributed by atoms with Crippen LogP contribution in [-0.4, -0.2) is 26.3 Å². The van der Waals surface area contributed by atoms with Crippen molar-refractivity contribution < 1.29 is 22.6 Å². The second kappa shape index (κ2) is 6.24. The molecule has 7 heteroatoms. The number of hydrogen-bond donors (Lipinski definition) is 2. The van der Waals surface area contributed by atoms with Gasteiger partial charge in [0.25, 0.3) is 0 Å². The SMILES string of the molecule is COc1ccc(-c2cccc3c2OC(CN)CN3)c(C(F)(F)F)c1. The zero-order valence-electron chi connectivity index (χ0n) is 13.0. The summed E-state index contributed by atoms with van der Waals surface area (Å²) in [5.74, 6) is 0.532. The predicted octanol–water partition coefficient (Wildman–Crippen LogP) is 3.51. The summed E-state index contributed by atoms with van der Waals surface area (Å²) in [4.78, 5) is 0. The van der Waals surface area contributed by atoms with Gasteiger partial charge in [0.05, 0.1) is 24.9 Å². The van der Waals surface area contributed by atoms with E-state index < -0.39 is 11.7 Å². The number of benzene rings is 2. The van der Waals surface area contributed by atoms with Crippen molar-refractivity contribution in [3.05, 3.63) is 42.0 Å². The quantitative estimate of drug-likeness (QED) is 0.899. The standard InChI is InChI=1S/C17H17F3N2O2/c1-23-10-5-6-12(14(7-10)17(18,19)20)13-3-2-4-15-16(13)24-11(8-21)9-22-15/h2-7,11,22H,8-9,21H2,1H3. The minimum atomic E-state index is -4.51. The lowest BCUT2D eigenvalue weighted by atomic mass is 9.97. The summed E-state index contributed by atoms with van der Waals surface area (Å²) in [5.41, 5.74) is 5.92. The van der Waals surface area contributed by atoms with E-state index in [2.05, 4.69) is 5.32 Å². The van der Waals surface area contributed by atoms with Crippen LogP contribution in [0.4, 0.5) is 18.9 Å². The highest BCUT2D eigenvalue weighted by Gasteiger charge is 2.35. The maximum absolute atomic E-state index is 13.5. The van der Waals surface area contributed by atoms with Crippen molar-refractivity contribution in [3.8, 4) is 22.6 Å². The number of methoxy groups -OCH3 is 1. The lowest BCUT2D eigenvalue weighted by Crippen LogP contribution is -2.37. The van der Waals surface area contributed by atoms with Crippen LogP contribution in [0, 0.1) is 0 Å². The highest BCUT2D eigenvalue weighted by atomic mass is 19.4. The fourth-order valence-electron chi connectivity index (χ4n) is 2.70. The first kappa shape index (κ1) is 16.4. The van der Waals surface area contributed by atoms with Gasteiger partial charge in [-0.3, -0.25) is 0 Å². The van der Waals surface area contributed by atoms with Gasteiger partial charge in [0.2, 0.25) is 0 Å². The first-order valence-electron chi connectivity index (χ1n) is 7.43. The van der Waals surface area contributed by atoms with Crippen molar-refractivity contribution in [3.63, 3.8) is 0 Å². The van der Waals surface area contributed by atoms with Gasteiger partial charge in [-0.05, 0) is 29.8 Å². The second-order valence-corrected chi connectivity index (χ2v) is 5.45. The van der Waals surface area contributed by atoms with Gasteiger partial charge in [0.15, 0.2) is 5.75 Å². The minimum absolute atomic E-state index is 0.0413. The zero-order chi connectivity index (χ0) is 17.3. The molecule has 0 spiro atoms. The van der Waals surface area contributed by atoms with Gasteiger partial charge < -0.3 is 20.5 Å². The molecule has 2 aromatic carbocycles. The van der Waals surface area contributed by atoms with E-state index in [-0.39, 0.29) is 24.0 Å². The Labute approximate surface area is 137 Å². The van der Waals surface area contributed by atoms with E-state index in [1.807, 2.05) is 0 Å². The molecule has 24 heavy (non-hydrogen) atoms. The molecule has 1 unspecified atom stereocenters. The lowest BCUT2D eigenvalue weighted by molar-refractivity contribution is -0.137. The maximum atomic E-state index is 13.5. The zero-order valence-corrected chi connectivity index (χ0v) is 13.0. The number of halogens is 3. The first-order chi connectivity index (χ1) is 11.4. The Balaban J connectivity index is 2.17. The average molecular weight is 338 g/mol. The third-order valence-corrected chi connectivity index (χ3v) is 3.90. The molecule has 128 valence electrons. The van der Waals surface area contributed by atoms with E-state index in [1.54, 1.807) is 18.2 Å². The summed E-state index contributed by atoms with van der Waals surface area (Å²) in [6.45, 7) is 0.789. The molecule has 1 aliphatic heterocycles. The molecule has 0 radical (unpaired) electrons. The van der Waals surface area contributed by atoms with Crippen molar-refractivity contribution in [2.75, 3.05) is 25.5 Å². The topological polar surface area (TPSA) is 56.5 Å². The minimum Gasteiger partial charge on any atom is -0.497 e. The van der Waals surface area contributed by atoms with Gasteiger partial charge in [0.1, 0.15) is 11.9 Å². The van der Waals surface area contributed by atoms with E-state index in [1.165, 1.54) is 19.2 Å². The van der Waals surface area contributed by atoms with Gasteiger partial charge in [-0.1, -0.05) is 12.1 Å².